The molecule has 1 atom stereocenters. The molecule has 1 aliphatic heterocycles. The largest absolute Gasteiger partial charge is 0.497 e. The van der Waals surface area contributed by atoms with E-state index in [1.54, 1.807) is 7.11 Å². The fraction of sp³-hybridized carbons (Fsp3) is 0.286. The summed E-state index contributed by atoms with van der Waals surface area (Å²) < 4.78 is 44.0. The molecule has 0 radical (unpaired) electrons. The summed E-state index contributed by atoms with van der Waals surface area (Å²) in [5.74, 6) is 0.693. The molecular weight excluding hydrogens is 355 g/mol. The molecule has 0 spiro atoms. The van der Waals surface area contributed by atoms with Crippen LogP contribution in [0.2, 0.25) is 0 Å². The van der Waals surface area contributed by atoms with E-state index < -0.39 is 11.7 Å². The number of halogens is 3. The van der Waals surface area contributed by atoms with Crippen molar-refractivity contribution in [1.82, 2.24) is 5.32 Å². The van der Waals surface area contributed by atoms with Crippen LogP contribution in [0.15, 0.2) is 42.0 Å². The summed E-state index contributed by atoms with van der Waals surface area (Å²) in [7, 11) is 1.55. The van der Waals surface area contributed by atoms with Crippen LogP contribution >= 0.6 is 0 Å². The van der Waals surface area contributed by atoms with Gasteiger partial charge in [-0.3, -0.25) is 4.79 Å². The Hall–Kier alpha value is -2.76. The highest BCUT2D eigenvalue weighted by molar-refractivity contribution is 6.00. The number of carbonyl (C=O) groups excluding carboxylic acids is 1. The first-order valence-electron chi connectivity index (χ1n) is 8.75. The Morgan fingerprint density at radius 1 is 1.15 bits per heavy atom. The van der Waals surface area contributed by atoms with E-state index in [9.17, 15) is 18.0 Å². The number of alkyl halides is 3. The van der Waals surface area contributed by atoms with Crippen molar-refractivity contribution >= 4 is 12.0 Å². The predicted molar refractivity (Wildman–Crippen MR) is 96.2 cm³/mol. The molecule has 1 N–H and O–H groups in total. The maximum atomic E-state index is 12.9. The Labute approximate surface area is 154 Å². The van der Waals surface area contributed by atoms with Gasteiger partial charge in [0.05, 0.1) is 12.7 Å². The van der Waals surface area contributed by atoms with Crippen LogP contribution in [-0.2, 0) is 17.4 Å². The Morgan fingerprint density at radius 2 is 1.89 bits per heavy atom. The van der Waals surface area contributed by atoms with Gasteiger partial charge in [0.1, 0.15) is 5.75 Å². The first kappa shape index (κ1) is 17.6. The molecular formula is C21H18F3NO2. The van der Waals surface area contributed by atoms with Crippen molar-refractivity contribution < 1.29 is 22.7 Å². The van der Waals surface area contributed by atoms with Crippen LogP contribution in [0.4, 0.5) is 13.2 Å². The Morgan fingerprint density at radius 3 is 2.56 bits per heavy atom. The highest BCUT2D eigenvalue weighted by atomic mass is 19.4. The van der Waals surface area contributed by atoms with Crippen molar-refractivity contribution in [3.05, 3.63) is 58.7 Å². The quantitative estimate of drug-likeness (QED) is 0.844. The van der Waals surface area contributed by atoms with E-state index in [1.807, 2.05) is 18.2 Å². The van der Waals surface area contributed by atoms with Crippen LogP contribution in [0.3, 0.4) is 0 Å². The molecule has 3 nitrogen and oxygen atoms in total. The van der Waals surface area contributed by atoms with Gasteiger partial charge in [-0.1, -0.05) is 12.1 Å². The molecule has 1 unspecified atom stereocenters. The van der Waals surface area contributed by atoms with E-state index in [0.717, 1.165) is 40.8 Å². The SMILES string of the molecule is COc1cc2c(c(-c3ccc(C(F)(F)F)cc3)c1)CC1CCNC(=O)C1=C2. The number of fused-ring (bicyclic) bond motifs is 2. The number of nitrogens with one attached hydrogen (secondary N) is 1. The van der Waals surface area contributed by atoms with E-state index in [4.69, 9.17) is 4.74 Å². The van der Waals surface area contributed by atoms with Crippen LogP contribution in [-0.4, -0.2) is 19.6 Å². The summed E-state index contributed by atoms with van der Waals surface area (Å²) in [4.78, 5) is 12.2. The molecule has 2 aromatic rings. The van der Waals surface area contributed by atoms with E-state index in [-0.39, 0.29) is 11.8 Å². The third kappa shape index (κ3) is 3.20. The number of hydrogen-bond donors (Lipinski definition) is 1. The van der Waals surface area contributed by atoms with E-state index >= 15 is 0 Å². The summed E-state index contributed by atoms with van der Waals surface area (Å²) >= 11 is 0. The zero-order chi connectivity index (χ0) is 19.2. The molecule has 0 saturated carbocycles. The van der Waals surface area contributed by atoms with E-state index in [0.29, 0.717) is 24.3 Å². The maximum absolute atomic E-state index is 12.9. The van der Waals surface area contributed by atoms with Gasteiger partial charge in [-0.15, -0.1) is 0 Å². The molecule has 1 saturated heterocycles. The number of amides is 1. The van der Waals surface area contributed by atoms with Gasteiger partial charge < -0.3 is 10.1 Å². The Bertz CT molecular complexity index is 930. The molecule has 1 fully saturated rings. The van der Waals surface area contributed by atoms with Crippen LogP contribution < -0.4 is 10.1 Å². The number of methoxy groups -OCH3 is 1. The number of rotatable bonds is 2. The van der Waals surface area contributed by atoms with Gasteiger partial charge in [0, 0.05) is 12.1 Å². The van der Waals surface area contributed by atoms with Gasteiger partial charge >= 0.3 is 6.18 Å². The van der Waals surface area contributed by atoms with Crippen LogP contribution in [0.1, 0.15) is 23.1 Å². The lowest BCUT2D eigenvalue weighted by Gasteiger charge is -2.31. The molecule has 2 aliphatic rings. The van der Waals surface area contributed by atoms with Crippen molar-refractivity contribution in [2.24, 2.45) is 5.92 Å². The maximum Gasteiger partial charge on any atom is 0.416 e. The van der Waals surface area contributed by atoms with Crippen LogP contribution in [0.5, 0.6) is 5.75 Å². The number of ether oxygens (including phenoxy) is 1. The molecule has 1 heterocycles. The second-order valence-corrected chi connectivity index (χ2v) is 6.86. The smallest absolute Gasteiger partial charge is 0.416 e. The minimum Gasteiger partial charge on any atom is -0.497 e. The highest BCUT2D eigenvalue weighted by Crippen LogP contribution is 2.40. The first-order chi connectivity index (χ1) is 12.9. The van der Waals surface area contributed by atoms with E-state index in [2.05, 4.69) is 5.32 Å². The number of carbonyl (C=O) groups is 1. The predicted octanol–water partition coefficient (Wildman–Crippen LogP) is 4.46. The summed E-state index contributed by atoms with van der Waals surface area (Å²) in [5.41, 5.74) is 3.57. The molecule has 27 heavy (non-hydrogen) atoms. The number of hydrogen-bond acceptors (Lipinski definition) is 2. The summed E-state index contributed by atoms with van der Waals surface area (Å²) in [6, 6.07) is 8.89. The van der Waals surface area contributed by atoms with Crippen LogP contribution in [0.25, 0.3) is 17.2 Å². The summed E-state index contributed by atoms with van der Waals surface area (Å²) in [6.45, 7) is 0.641. The first-order valence-corrected chi connectivity index (χ1v) is 8.75. The lowest BCUT2D eigenvalue weighted by atomic mass is 9.77. The van der Waals surface area contributed by atoms with Gasteiger partial charge in [-0.05, 0) is 71.4 Å². The molecule has 0 bridgehead atoms. The van der Waals surface area contributed by atoms with Crippen LogP contribution in [0, 0.1) is 5.92 Å². The standard InChI is InChI=1S/C21H18F3NO2/c1-27-16-8-14-10-19-13(6-7-25-20(19)26)9-17(14)18(11-16)12-2-4-15(5-3-12)21(22,23)24/h2-5,8,10-11,13H,6-7,9H2,1H3,(H,25,26). The zero-order valence-corrected chi connectivity index (χ0v) is 14.7. The molecule has 2 aromatic carbocycles. The topological polar surface area (TPSA) is 38.3 Å². The number of piperidine rings is 1. The molecule has 1 aliphatic carbocycles. The molecule has 6 heteroatoms. The van der Waals surface area contributed by atoms with Crippen molar-refractivity contribution in [3.8, 4) is 16.9 Å². The Balaban J connectivity index is 1.83. The van der Waals surface area contributed by atoms with Gasteiger partial charge in [0.2, 0.25) is 5.91 Å². The van der Waals surface area contributed by atoms with Gasteiger partial charge in [0.15, 0.2) is 0 Å². The van der Waals surface area contributed by atoms with Crippen molar-refractivity contribution in [2.45, 2.75) is 19.0 Å². The fourth-order valence-electron chi connectivity index (χ4n) is 3.85. The third-order valence-electron chi connectivity index (χ3n) is 5.26. The van der Waals surface area contributed by atoms with Gasteiger partial charge in [0.25, 0.3) is 0 Å². The average Bonchev–Trinajstić information content (AvgIpc) is 2.65. The minimum atomic E-state index is -4.36. The minimum absolute atomic E-state index is 0.0456. The van der Waals surface area contributed by atoms with Crippen molar-refractivity contribution in [3.63, 3.8) is 0 Å². The molecule has 0 aromatic heterocycles. The van der Waals surface area contributed by atoms with E-state index in [1.165, 1.54) is 12.1 Å². The second-order valence-electron chi connectivity index (χ2n) is 6.86. The van der Waals surface area contributed by atoms with Gasteiger partial charge in [-0.2, -0.15) is 13.2 Å². The number of benzene rings is 2. The lowest BCUT2D eigenvalue weighted by molar-refractivity contribution is -0.137. The monoisotopic (exact) mass is 373 g/mol. The molecule has 140 valence electrons. The van der Waals surface area contributed by atoms with Gasteiger partial charge in [-0.25, -0.2) is 0 Å². The van der Waals surface area contributed by atoms with Crippen molar-refractivity contribution in [2.75, 3.05) is 13.7 Å². The molecule has 4 rings (SSSR count). The third-order valence-corrected chi connectivity index (χ3v) is 5.26. The summed E-state index contributed by atoms with van der Waals surface area (Å²) in [5, 5.41) is 2.86. The second kappa shape index (κ2) is 6.44. The van der Waals surface area contributed by atoms with Crippen molar-refractivity contribution in [1.29, 1.82) is 0 Å². The normalized spacial score (nSPS) is 18.9. The fourth-order valence-corrected chi connectivity index (χ4v) is 3.85. The highest BCUT2D eigenvalue weighted by Gasteiger charge is 2.32. The lowest BCUT2D eigenvalue weighted by Crippen LogP contribution is -2.38. The molecule has 1 amide bonds. The zero-order valence-electron chi connectivity index (χ0n) is 14.7. The summed E-state index contributed by atoms with van der Waals surface area (Å²) in [6.07, 6.45) is -0.933. The average molecular weight is 373 g/mol. The Kier molecular flexibility index (Phi) is 4.21.